The predicted molar refractivity (Wildman–Crippen MR) is 158 cm³/mol. The summed E-state index contributed by atoms with van der Waals surface area (Å²) in [5.41, 5.74) is 0. The van der Waals surface area contributed by atoms with Crippen LogP contribution in [-0.2, 0) is 23.4 Å². The summed E-state index contributed by atoms with van der Waals surface area (Å²) in [5, 5.41) is 13.3. The first-order chi connectivity index (χ1) is 18.4. The summed E-state index contributed by atoms with van der Waals surface area (Å²) in [7, 11) is -2.78. The van der Waals surface area contributed by atoms with Gasteiger partial charge in [-0.15, -0.1) is 0 Å². The van der Waals surface area contributed by atoms with Crippen molar-refractivity contribution in [2.75, 3.05) is 0 Å². The summed E-state index contributed by atoms with van der Waals surface area (Å²) in [6.45, 7) is 14.3. The van der Waals surface area contributed by atoms with E-state index in [0.717, 1.165) is 0 Å². The van der Waals surface area contributed by atoms with E-state index in [1.54, 1.807) is 6.08 Å². The van der Waals surface area contributed by atoms with Crippen LogP contribution in [0.2, 0.25) is 5.04 Å². The largest absolute Gasteiger partial charge is 0.460 e. The second-order valence-electron chi connectivity index (χ2n) is 11.7. The van der Waals surface area contributed by atoms with Gasteiger partial charge < -0.3 is 23.7 Å². The van der Waals surface area contributed by atoms with E-state index in [0.29, 0.717) is 19.3 Å². The first-order valence-corrected chi connectivity index (χ1v) is 16.0. The Morgan fingerprint density at radius 2 is 1.62 bits per heavy atom. The van der Waals surface area contributed by atoms with Crippen LogP contribution in [0.3, 0.4) is 0 Å². The van der Waals surface area contributed by atoms with E-state index in [9.17, 15) is 9.90 Å². The fourth-order valence-electron chi connectivity index (χ4n) is 5.19. The third kappa shape index (κ3) is 8.11. The molecule has 5 atom stereocenters. The summed E-state index contributed by atoms with van der Waals surface area (Å²) < 4.78 is 24.7. The van der Waals surface area contributed by atoms with E-state index >= 15 is 0 Å². The maximum atomic E-state index is 11.7. The first-order valence-electron chi connectivity index (χ1n) is 14.1. The van der Waals surface area contributed by atoms with E-state index in [2.05, 4.69) is 69.3 Å². The topological polar surface area (TPSA) is 74.2 Å². The lowest BCUT2D eigenvalue weighted by Gasteiger charge is -2.48. The number of rotatable bonds is 11. The molecule has 1 fully saturated rings. The number of ether oxygens (including phenoxy) is 3. The van der Waals surface area contributed by atoms with Crippen molar-refractivity contribution in [3.05, 3.63) is 72.8 Å². The first kappa shape index (κ1) is 31.2. The van der Waals surface area contributed by atoms with Crippen LogP contribution in [0.5, 0.6) is 0 Å². The maximum Gasteiger partial charge on any atom is 0.330 e. The highest BCUT2D eigenvalue weighted by molar-refractivity contribution is 6.99. The molecule has 1 aliphatic heterocycles. The van der Waals surface area contributed by atoms with Crippen molar-refractivity contribution in [3.63, 3.8) is 0 Å². The Morgan fingerprint density at radius 1 is 1.05 bits per heavy atom. The second-order valence-corrected chi connectivity index (χ2v) is 16.0. The summed E-state index contributed by atoms with van der Waals surface area (Å²) in [6.07, 6.45) is 2.61. The molecule has 1 heterocycles. The van der Waals surface area contributed by atoms with Gasteiger partial charge in [0, 0.05) is 12.5 Å². The van der Waals surface area contributed by atoms with E-state index < -0.39 is 20.7 Å². The van der Waals surface area contributed by atoms with E-state index in [-0.39, 0.29) is 35.4 Å². The molecule has 2 aromatic rings. The Labute approximate surface area is 235 Å². The zero-order valence-corrected chi connectivity index (χ0v) is 25.5. The minimum absolute atomic E-state index is 0.138. The normalized spacial score (nSPS) is 23.2. The number of benzene rings is 2. The van der Waals surface area contributed by atoms with E-state index in [4.69, 9.17) is 18.6 Å². The fraction of sp³-hybridized carbons (Fsp3) is 0.531. The van der Waals surface area contributed by atoms with Crippen LogP contribution in [0.1, 0.15) is 67.7 Å². The smallest absolute Gasteiger partial charge is 0.330 e. The number of esters is 1. The molecule has 6 nitrogen and oxygen atoms in total. The van der Waals surface area contributed by atoms with Gasteiger partial charge in [0.1, 0.15) is 6.10 Å². The van der Waals surface area contributed by atoms with Gasteiger partial charge in [0.25, 0.3) is 8.32 Å². The standard InChI is InChI=1S/C32H46O6Si/c1-23(2)35-30(34)21-15-14-16-24(3)36-31-28(33)22-29(25(4)37-31)38-39(32(5,6)7,26-17-10-8-11-18-26)27-19-12-9-13-20-27/h8-13,15,17-21,23-25,28-29,31,33H,14,16,22H2,1-7H3/b21-15+/t24-,25+,28-,29-,31-/m1/s1. The van der Waals surface area contributed by atoms with Gasteiger partial charge in [0.15, 0.2) is 6.29 Å². The number of hydrogen-bond donors (Lipinski definition) is 1. The van der Waals surface area contributed by atoms with Crippen molar-refractivity contribution >= 4 is 24.7 Å². The van der Waals surface area contributed by atoms with Gasteiger partial charge in [-0.1, -0.05) is 87.5 Å². The minimum atomic E-state index is -2.78. The minimum Gasteiger partial charge on any atom is -0.460 e. The Balaban J connectivity index is 1.71. The molecule has 7 heteroatoms. The molecule has 1 saturated heterocycles. The van der Waals surface area contributed by atoms with Gasteiger partial charge in [0.05, 0.1) is 24.4 Å². The van der Waals surface area contributed by atoms with E-state index in [1.807, 2.05) is 39.8 Å². The highest BCUT2D eigenvalue weighted by Gasteiger charge is 2.53. The molecule has 2 aromatic carbocycles. The molecular weight excluding hydrogens is 508 g/mol. The molecule has 0 unspecified atom stereocenters. The number of carbonyl (C=O) groups excluding carboxylic acids is 1. The predicted octanol–water partition coefficient (Wildman–Crippen LogP) is 5.12. The molecule has 39 heavy (non-hydrogen) atoms. The number of aliphatic hydroxyl groups excluding tert-OH is 1. The summed E-state index contributed by atoms with van der Waals surface area (Å²) in [6, 6.07) is 21.0. The van der Waals surface area contributed by atoms with Crippen LogP contribution < -0.4 is 10.4 Å². The van der Waals surface area contributed by atoms with Gasteiger partial charge >= 0.3 is 5.97 Å². The molecule has 0 aliphatic carbocycles. The highest BCUT2D eigenvalue weighted by atomic mass is 28.4. The molecule has 214 valence electrons. The zero-order valence-electron chi connectivity index (χ0n) is 24.5. The molecule has 0 bridgehead atoms. The lowest BCUT2D eigenvalue weighted by molar-refractivity contribution is -0.271. The summed E-state index contributed by atoms with van der Waals surface area (Å²) >= 11 is 0. The average Bonchev–Trinajstić information content (AvgIpc) is 2.87. The van der Waals surface area contributed by atoms with Crippen molar-refractivity contribution in [2.45, 2.75) is 110 Å². The second kappa shape index (κ2) is 13.9. The average molecular weight is 555 g/mol. The Kier molecular flexibility index (Phi) is 11.1. The van der Waals surface area contributed by atoms with Gasteiger partial charge in [0.2, 0.25) is 0 Å². The lowest BCUT2D eigenvalue weighted by atomic mass is 10.0. The summed E-state index contributed by atoms with van der Waals surface area (Å²) in [4.78, 5) is 11.7. The molecular formula is C32H46O6Si. The molecule has 0 spiro atoms. The lowest BCUT2D eigenvalue weighted by Crippen LogP contribution is -2.69. The maximum absolute atomic E-state index is 11.7. The highest BCUT2D eigenvalue weighted by Crippen LogP contribution is 2.39. The van der Waals surface area contributed by atoms with Crippen LogP contribution in [0.4, 0.5) is 0 Å². The number of carbonyl (C=O) groups is 1. The number of allylic oxidation sites excluding steroid dienone is 1. The van der Waals surface area contributed by atoms with E-state index in [1.165, 1.54) is 16.4 Å². The van der Waals surface area contributed by atoms with Crippen LogP contribution in [0.25, 0.3) is 0 Å². The molecule has 1 aliphatic rings. The third-order valence-electron chi connectivity index (χ3n) is 7.12. The molecule has 1 N–H and O–H groups in total. The Hall–Kier alpha value is -2.29. The fourth-order valence-corrected chi connectivity index (χ4v) is 9.95. The Bertz CT molecular complexity index is 1010. The van der Waals surface area contributed by atoms with Gasteiger partial charge in [-0.25, -0.2) is 4.79 Å². The van der Waals surface area contributed by atoms with Crippen molar-refractivity contribution in [1.82, 2.24) is 0 Å². The van der Waals surface area contributed by atoms with Crippen molar-refractivity contribution in [3.8, 4) is 0 Å². The van der Waals surface area contributed by atoms with Crippen LogP contribution in [-0.4, -0.2) is 56.2 Å². The SMILES string of the molecule is CC(C)OC(=O)/C=C/CC[C@@H](C)O[C@@H]1O[C@@H](C)[C@H](O[Si](c2ccccc2)(c2ccccc2)C(C)(C)C)C[C@H]1O. The van der Waals surface area contributed by atoms with Gasteiger partial charge in [-0.2, -0.15) is 0 Å². The monoisotopic (exact) mass is 554 g/mol. The third-order valence-corrected chi connectivity index (χ3v) is 12.2. The van der Waals surface area contributed by atoms with Gasteiger partial charge in [-0.3, -0.25) is 0 Å². The van der Waals surface area contributed by atoms with Crippen molar-refractivity contribution in [2.24, 2.45) is 0 Å². The number of aliphatic hydroxyl groups is 1. The Morgan fingerprint density at radius 3 is 2.13 bits per heavy atom. The van der Waals surface area contributed by atoms with Crippen molar-refractivity contribution < 1.29 is 28.5 Å². The quantitative estimate of drug-likeness (QED) is 0.236. The van der Waals surface area contributed by atoms with Crippen LogP contribution in [0.15, 0.2) is 72.8 Å². The van der Waals surface area contributed by atoms with Crippen LogP contribution >= 0.6 is 0 Å². The molecule has 0 amide bonds. The molecule has 3 rings (SSSR count). The zero-order chi connectivity index (χ0) is 28.6. The molecule has 0 saturated carbocycles. The van der Waals surface area contributed by atoms with Crippen LogP contribution in [0, 0.1) is 0 Å². The molecule has 0 radical (unpaired) electrons. The van der Waals surface area contributed by atoms with Crippen molar-refractivity contribution in [1.29, 1.82) is 0 Å². The van der Waals surface area contributed by atoms with Gasteiger partial charge in [-0.05, 0) is 55.9 Å². The molecule has 0 aromatic heterocycles. The number of hydrogen-bond acceptors (Lipinski definition) is 6. The summed E-state index contributed by atoms with van der Waals surface area (Å²) in [5.74, 6) is -0.342.